The zero-order valence-electron chi connectivity index (χ0n) is 9.89. The number of unbranched alkanes of at least 4 members (excludes halogenated alkanes) is 2. The van der Waals surface area contributed by atoms with Gasteiger partial charge in [-0.2, -0.15) is 0 Å². The predicted octanol–water partition coefficient (Wildman–Crippen LogP) is 4.16. The minimum atomic E-state index is 0.797. The van der Waals surface area contributed by atoms with Crippen LogP contribution < -0.4 is 0 Å². The van der Waals surface area contributed by atoms with E-state index in [0.717, 1.165) is 25.8 Å². The zero-order chi connectivity index (χ0) is 11.5. The SMILES string of the molecule is CC=C=CCCCC=NCc1ccccc1. The summed E-state index contributed by atoms with van der Waals surface area (Å²) in [7, 11) is 0. The molecule has 0 bridgehead atoms. The number of hydrogen-bond acceptors (Lipinski definition) is 1. The van der Waals surface area contributed by atoms with Crippen LogP contribution in [0.4, 0.5) is 0 Å². The molecule has 84 valence electrons. The molecule has 0 saturated heterocycles. The van der Waals surface area contributed by atoms with Crippen molar-refractivity contribution in [2.45, 2.75) is 32.7 Å². The first-order valence-electron chi connectivity index (χ1n) is 5.81. The van der Waals surface area contributed by atoms with Crippen LogP contribution >= 0.6 is 0 Å². The van der Waals surface area contributed by atoms with Gasteiger partial charge in [0.1, 0.15) is 0 Å². The molecule has 0 atom stereocenters. The van der Waals surface area contributed by atoms with Crippen LogP contribution in [0.3, 0.4) is 0 Å². The van der Waals surface area contributed by atoms with Crippen molar-refractivity contribution in [3.63, 3.8) is 0 Å². The molecule has 1 rings (SSSR count). The highest BCUT2D eigenvalue weighted by Gasteiger charge is 1.86. The molecule has 0 aromatic heterocycles. The Labute approximate surface area is 98.2 Å². The molecule has 0 aliphatic rings. The minimum absolute atomic E-state index is 0.797. The molecule has 1 heteroatoms. The molecule has 1 aromatic carbocycles. The molecule has 0 spiro atoms. The Morgan fingerprint density at radius 1 is 1.19 bits per heavy atom. The second kappa shape index (κ2) is 8.70. The van der Waals surface area contributed by atoms with E-state index in [1.807, 2.05) is 37.4 Å². The Kier molecular flexibility index (Phi) is 6.78. The summed E-state index contributed by atoms with van der Waals surface area (Å²) in [6, 6.07) is 10.3. The van der Waals surface area contributed by atoms with Gasteiger partial charge in [0.25, 0.3) is 0 Å². The fourth-order valence-electron chi connectivity index (χ4n) is 1.36. The normalized spacial score (nSPS) is 10.1. The molecular formula is C15H19N. The summed E-state index contributed by atoms with van der Waals surface area (Å²) in [5, 5.41) is 0. The van der Waals surface area contributed by atoms with Crippen LogP contribution in [0.5, 0.6) is 0 Å². The third kappa shape index (κ3) is 6.00. The maximum atomic E-state index is 4.39. The van der Waals surface area contributed by atoms with Gasteiger partial charge >= 0.3 is 0 Å². The molecule has 0 amide bonds. The molecule has 0 fully saturated rings. The molecule has 0 N–H and O–H groups in total. The van der Waals surface area contributed by atoms with Gasteiger partial charge in [-0.15, -0.1) is 5.73 Å². The number of aliphatic imine (C=N–C) groups is 1. The Bertz CT molecular complexity index is 356. The van der Waals surface area contributed by atoms with Crippen molar-refractivity contribution in [3.8, 4) is 0 Å². The van der Waals surface area contributed by atoms with Crippen LogP contribution in [0.2, 0.25) is 0 Å². The van der Waals surface area contributed by atoms with E-state index in [2.05, 4.69) is 28.9 Å². The average Bonchev–Trinajstić information content (AvgIpc) is 2.34. The second-order valence-corrected chi connectivity index (χ2v) is 3.60. The van der Waals surface area contributed by atoms with Gasteiger partial charge in [-0.25, -0.2) is 0 Å². The third-order valence-electron chi connectivity index (χ3n) is 2.21. The topological polar surface area (TPSA) is 12.4 Å². The van der Waals surface area contributed by atoms with Crippen LogP contribution in [0.1, 0.15) is 31.7 Å². The van der Waals surface area contributed by atoms with E-state index >= 15 is 0 Å². The van der Waals surface area contributed by atoms with Crippen LogP contribution in [0.25, 0.3) is 0 Å². The van der Waals surface area contributed by atoms with Gasteiger partial charge in [0.05, 0.1) is 6.54 Å². The standard InChI is InChI=1S/C15H19N/c1-2-3-4-5-6-10-13-16-14-15-11-8-7-9-12-15/h2,4,7-9,11-13H,5-6,10,14H2,1H3. The first-order chi connectivity index (χ1) is 7.93. The molecule has 0 aliphatic carbocycles. The summed E-state index contributed by atoms with van der Waals surface area (Å²) < 4.78 is 0. The Hall–Kier alpha value is -1.59. The molecule has 0 radical (unpaired) electrons. The smallest absolute Gasteiger partial charge is 0.0635 e. The molecule has 0 aliphatic heterocycles. The highest BCUT2D eigenvalue weighted by Crippen LogP contribution is 2.00. The van der Waals surface area contributed by atoms with Crippen molar-refractivity contribution in [2.75, 3.05) is 0 Å². The maximum absolute atomic E-state index is 4.39. The maximum Gasteiger partial charge on any atom is 0.0635 e. The highest BCUT2D eigenvalue weighted by molar-refractivity contribution is 5.57. The zero-order valence-corrected chi connectivity index (χ0v) is 9.89. The van der Waals surface area contributed by atoms with E-state index in [1.54, 1.807) is 0 Å². The van der Waals surface area contributed by atoms with Crippen LogP contribution in [-0.2, 0) is 6.54 Å². The molecule has 0 heterocycles. The number of rotatable bonds is 6. The Morgan fingerprint density at radius 2 is 2.00 bits per heavy atom. The number of nitrogens with zero attached hydrogens (tertiary/aromatic N) is 1. The summed E-state index contributed by atoms with van der Waals surface area (Å²) in [5.41, 5.74) is 4.34. The quantitative estimate of drug-likeness (QED) is 0.382. The Balaban J connectivity index is 2.12. The molecular weight excluding hydrogens is 194 g/mol. The van der Waals surface area contributed by atoms with Crippen molar-refractivity contribution < 1.29 is 0 Å². The van der Waals surface area contributed by atoms with Crippen LogP contribution in [0.15, 0.2) is 53.2 Å². The molecule has 0 saturated carbocycles. The van der Waals surface area contributed by atoms with Gasteiger partial charge in [-0.1, -0.05) is 30.3 Å². The summed E-state index contributed by atoms with van der Waals surface area (Å²) in [5.74, 6) is 0. The molecule has 1 nitrogen and oxygen atoms in total. The van der Waals surface area contributed by atoms with Gasteiger partial charge < -0.3 is 0 Å². The van der Waals surface area contributed by atoms with Gasteiger partial charge in [0.15, 0.2) is 0 Å². The lowest BCUT2D eigenvalue weighted by molar-refractivity contribution is 0.897. The van der Waals surface area contributed by atoms with Crippen molar-refractivity contribution in [1.82, 2.24) is 0 Å². The van der Waals surface area contributed by atoms with E-state index < -0.39 is 0 Å². The van der Waals surface area contributed by atoms with Gasteiger partial charge in [-0.05, 0) is 50.1 Å². The van der Waals surface area contributed by atoms with E-state index in [9.17, 15) is 0 Å². The van der Waals surface area contributed by atoms with Gasteiger partial charge in [-0.3, -0.25) is 4.99 Å². The van der Waals surface area contributed by atoms with E-state index in [1.165, 1.54) is 5.56 Å². The lowest BCUT2D eigenvalue weighted by Gasteiger charge is -1.94. The van der Waals surface area contributed by atoms with E-state index in [0.29, 0.717) is 0 Å². The van der Waals surface area contributed by atoms with Gasteiger partial charge in [0, 0.05) is 0 Å². The number of hydrogen-bond donors (Lipinski definition) is 0. The van der Waals surface area contributed by atoms with Crippen LogP contribution in [-0.4, -0.2) is 6.21 Å². The summed E-state index contributed by atoms with van der Waals surface area (Å²) in [6.45, 7) is 2.78. The Morgan fingerprint density at radius 3 is 2.75 bits per heavy atom. The average molecular weight is 213 g/mol. The summed E-state index contributed by atoms with van der Waals surface area (Å²) in [4.78, 5) is 4.39. The fourth-order valence-corrected chi connectivity index (χ4v) is 1.36. The van der Waals surface area contributed by atoms with Crippen molar-refractivity contribution >= 4 is 6.21 Å². The summed E-state index contributed by atoms with van der Waals surface area (Å²) >= 11 is 0. The fraction of sp³-hybridized carbons (Fsp3) is 0.333. The van der Waals surface area contributed by atoms with E-state index in [-0.39, 0.29) is 0 Å². The first kappa shape index (κ1) is 12.5. The van der Waals surface area contributed by atoms with Crippen molar-refractivity contribution in [3.05, 3.63) is 53.8 Å². The first-order valence-corrected chi connectivity index (χ1v) is 5.81. The lowest BCUT2D eigenvalue weighted by Crippen LogP contribution is -1.82. The van der Waals surface area contributed by atoms with E-state index in [4.69, 9.17) is 0 Å². The third-order valence-corrected chi connectivity index (χ3v) is 2.21. The highest BCUT2D eigenvalue weighted by atomic mass is 14.7. The van der Waals surface area contributed by atoms with Crippen molar-refractivity contribution in [1.29, 1.82) is 0 Å². The second-order valence-electron chi connectivity index (χ2n) is 3.60. The largest absolute Gasteiger partial charge is 0.293 e. The minimum Gasteiger partial charge on any atom is -0.293 e. The molecule has 1 aromatic rings. The predicted molar refractivity (Wildman–Crippen MR) is 70.8 cm³/mol. The monoisotopic (exact) mass is 213 g/mol. The molecule has 16 heavy (non-hydrogen) atoms. The van der Waals surface area contributed by atoms with Crippen LogP contribution in [0, 0.1) is 0 Å². The number of allylic oxidation sites excluding steroid dienone is 1. The van der Waals surface area contributed by atoms with Crippen molar-refractivity contribution in [2.24, 2.45) is 4.99 Å². The lowest BCUT2D eigenvalue weighted by atomic mass is 10.2. The molecule has 0 unspecified atom stereocenters. The number of benzene rings is 1. The van der Waals surface area contributed by atoms with Gasteiger partial charge in [0.2, 0.25) is 0 Å². The summed E-state index contributed by atoms with van der Waals surface area (Å²) in [6.07, 6.45) is 9.32.